The predicted molar refractivity (Wildman–Crippen MR) is 66.0 cm³/mol. The molecule has 18 heavy (non-hydrogen) atoms. The number of carboxylic acid groups (broad SMARTS) is 1. The fourth-order valence-electron chi connectivity index (χ4n) is 1.57. The van der Waals surface area contributed by atoms with E-state index < -0.39 is 23.2 Å². The molecule has 0 fully saturated rings. The van der Waals surface area contributed by atoms with Gasteiger partial charge >= 0.3 is 5.97 Å². The van der Waals surface area contributed by atoms with Gasteiger partial charge in [0.15, 0.2) is 11.6 Å². The third kappa shape index (κ3) is 3.18. The summed E-state index contributed by atoms with van der Waals surface area (Å²) in [6.45, 7) is 4.66. The molecule has 0 aliphatic heterocycles. The Labute approximate surface area is 105 Å². The molecule has 3 nitrogen and oxygen atoms in total. The molecule has 1 N–H and O–H groups in total. The third-order valence-electron chi connectivity index (χ3n) is 2.75. The van der Waals surface area contributed by atoms with Crippen molar-refractivity contribution in [3.05, 3.63) is 29.3 Å². The average molecular weight is 257 g/mol. The molecule has 5 heteroatoms. The fourth-order valence-corrected chi connectivity index (χ4v) is 1.57. The van der Waals surface area contributed by atoms with Crippen molar-refractivity contribution in [2.45, 2.75) is 20.3 Å². The Balaban J connectivity index is 2.97. The monoisotopic (exact) mass is 257 g/mol. The lowest BCUT2D eigenvalue weighted by Gasteiger charge is -2.21. The van der Waals surface area contributed by atoms with Crippen LogP contribution in [0.1, 0.15) is 30.6 Å². The van der Waals surface area contributed by atoms with Crippen molar-refractivity contribution in [2.24, 2.45) is 5.92 Å². The van der Waals surface area contributed by atoms with Crippen LogP contribution >= 0.6 is 0 Å². The summed E-state index contributed by atoms with van der Waals surface area (Å²) < 4.78 is 27.2. The normalized spacial score (nSPS) is 10.8. The van der Waals surface area contributed by atoms with E-state index >= 15 is 0 Å². The maximum atomic E-state index is 13.7. The van der Waals surface area contributed by atoms with Gasteiger partial charge in [0.2, 0.25) is 0 Å². The van der Waals surface area contributed by atoms with Crippen LogP contribution in [0.3, 0.4) is 0 Å². The zero-order valence-corrected chi connectivity index (χ0v) is 10.7. The third-order valence-corrected chi connectivity index (χ3v) is 2.75. The van der Waals surface area contributed by atoms with E-state index in [9.17, 15) is 13.6 Å². The number of anilines is 1. The minimum absolute atomic E-state index is 0.0816. The second-order valence-corrected chi connectivity index (χ2v) is 4.67. The van der Waals surface area contributed by atoms with E-state index in [4.69, 9.17) is 5.11 Å². The van der Waals surface area contributed by atoms with E-state index in [-0.39, 0.29) is 5.69 Å². The second-order valence-electron chi connectivity index (χ2n) is 4.67. The zero-order chi connectivity index (χ0) is 13.9. The summed E-state index contributed by atoms with van der Waals surface area (Å²) in [5, 5.41) is 8.68. The van der Waals surface area contributed by atoms with Crippen LogP contribution < -0.4 is 4.90 Å². The predicted octanol–water partition coefficient (Wildman–Crippen LogP) is 3.15. The van der Waals surface area contributed by atoms with Gasteiger partial charge in [-0.3, -0.25) is 0 Å². The molecule has 0 saturated carbocycles. The molecular weight excluding hydrogens is 240 g/mol. The van der Waals surface area contributed by atoms with Crippen molar-refractivity contribution in [3.8, 4) is 0 Å². The number of carbonyl (C=O) groups is 1. The van der Waals surface area contributed by atoms with Crippen LogP contribution in [0, 0.1) is 17.6 Å². The highest BCUT2D eigenvalue weighted by Gasteiger charge is 2.19. The lowest BCUT2D eigenvalue weighted by atomic mass is 10.1. The molecule has 0 amide bonds. The van der Waals surface area contributed by atoms with Crippen molar-refractivity contribution in [1.29, 1.82) is 0 Å². The molecule has 0 unspecified atom stereocenters. The molecule has 0 heterocycles. The molecule has 100 valence electrons. The second kappa shape index (κ2) is 5.80. The molecule has 0 atom stereocenters. The quantitative estimate of drug-likeness (QED) is 0.881. The summed E-state index contributed by atoms with van der Waals surface area (Å²) in [6, 6.07) is 2.38. The van der Waals surface area contributed by atoms with Gasteiger partial charge in [-0.15, -0.1) is 0 Å². The first kappa shape index (κ1) is 14.4. The summed E-state index contributed by atoms with van der Waals surface area (Å²) in [4.78, 5) is 12.2. The van der Waals surface area contributed by atoms with Crippen molar-refractivity contribution in [2.75, 3.05) is 18.5 Å². The van der Waals surface area contributed by atoms with Crippen LogP contribution in [0.2, 0.25) is 0 Å². The molecule has 0 aliphatic carbocycles. The molecule has 0 aliphatic rings. The fraction of sp³-hybridized carbons (Fsp3) is 0.462. The van der Waals surface area contributed by atoms with Gasteiger partial charge in [-0.1, -0.05) is 13.8 Å². The molecule has 1 aromatic carbocycles. The number of rotatable bonds is 5. The average Bonchev–Trinajstić information content (AvgIpc) is 2.29. The Morgan fingerprint density at radius 1 is 1.33 bits per heavy atom. The van der Waals surface area contributed by atoms with Gasteiger partial charge in [-0.25, -0.2) is 13.6 Å². The van der Waals surface area contributed by atoms with E-state index in [1.54, 1.807) is 11.9 Å². The standard InChI is InChI=1S/C13H17F2NO2/c1-8(2)6-7-16(3)10-5-4-9(13(17)18)11(14)12(10)15/h4-5,8H,6-7H2,1-3H3,(H,17,18). The van der Waals surface area contributed by atoms with E-state index in [1.165, 1.54) is 6.07 Å². The van der Waals surface area contributed by atoms with Crippen LogP contribution in [0.25, 0.3) is 0 Å². The van der Waals surface area contributed by atoms with E-state index in [0.717, 1.165) is 12.5 Å². The smallest absolute Gasteiger partial charge is 0.338 e. The van der Waals surface area contributed by atoms with Crippen LogP contribution in [0.4, 0.5) is 14.5 Å². The first-order chi connectivity index (χ1) is 8.34. The molecule has 0 radical (unpaired) electrons. The SMILES string of the molecule is CC(C)CCN(C)c1ccc(C(=O)O)c(F)c1F. The minimum Gasteiger partial charge on any atom is -0.478 e. The lowest BCUT2D eigenvalue weighted by molar-refractivity contribution is 0.0690. The first-order valence-electron chi connectivity index (χ1n) is 5.77. The van der Waals surface area contributed by atoms with E-state index in [1.807, 2.05) is 13.8 Å². The molecule has 1 aromatic rings. The number of aromatic carboxylic acids is 1. The topological polar surface area (TPSA) is 40.5 Å². The van der Waals surface area contributed by atoms with Gasteiger partial charge in [0.25, 0.3) is 0 Å². The van der Waals surface area contributed by atoms with Gasteiger partial charge < -0.3 is 10.0 Å². The Morgan fingerprint density at radius 3 is 2.44 bits per heavy atom. The van der Waals surface area contributed by atoms with Crippen molar-refractivity contribution in [3.63, 3.8) is 0 Å². The highest BCUT2D eigenvalue weighted by molar-refractivity contribution is 5.88. The first-order valence-corrected chi connectivity index (χ1v) is 5.77. The number of carboxylic acids is 1. The largest absolute Gasteiger partial charge is 0.478 e. The Morgan fingerprint density at radius 2 is 1.94 bits per heavy atom. The Bertz CT molecular complexity index is 447. The van der Waals surface area contributed by atoms with Gasteiger partial charge in [0.1, 0.15) is 0 Å². The number of benzene rings is 1. The number of nitrogens with zero attached hydrogens (tertiary/aromatic N) is 1. The maximum Gasteiger partial charge on any atom is 0.338 e. The van der Waals surface area contributed by atoms with Gasteiger partial charge in [-0.05, 0) is 24.5 Å². The Kier molecular flexibility index (Phi) is 4.64. The summed E-state index contributed by atoms with van der Waals surface area (Å²) >= 11 is 0. The van der Waals surface area contributed by atoms with Crippen molar-refractivity contribution >= 4 is 11.7 Å². The van der Waals surface area contributed by atoms with Crippen LogP contribution in [0.5, 0.6) is 0 Å². The van der Waals surface area contributed by atoms with Crippen LogP contribution in [-0.4, -0.2) is 24.7 Å². The highest BCUT2D eigenvalue weighted by atomic mass is 19.2. The molecule has 0 bridgehead atoms. The summed E-state index contributed by atoms with van der Waals surface area (Å²) in [6.07, 6.45) is 0.845. The summed E-state index contributed by atoms with van der Waals surface area (Å²) in [7, 11) is 1.65. The van der Waals surface area contributed by atoms with Gasteiger partial charge in [0, 0.05) is 13.6 Å². The number of hydrogen-bond donors (Lipinski definition) is 1. The zero-order valence-electron chi connectivity index (χ0n) is 10.7. The molecule has 1 rings (SSSR count). The minimum atomic E-state index is -1.47. The summed E-state index contributed by atoms with van der Waals surface area (Å²) in [5.41, 5.74) is -0.563. The van der Waals surface area contributed by atoms with Crippen molar-refractivity contribution < 1.29 is 18.7 Å². The lowest BCUT2D eigenvalue weighted by Crippen LogP contribution is -2.22. The summed E-state index contributed by atoms with van der Waals surface area (Å²) in [5.74, 6) is -3.43. The highest BCUT2D eigenvalue weighted by Crippen LogP contribution is 2.24. The van der Waals surface area contributed by atoms with E-state index in [0.29, 0.717) is 12.5 Å². The Hall–Kier alpha value is -1.65. The van der Waals surface area contributed by atoms with Crippen molar-refractivity contribution in [1.82, 2.24) is 0 Å². The van der Waals surface area contributed by atoms with Crippen LogP contribution in [0.15, 0.2) is 12.1 Å². The molecule has 0 aromatic heterocycles. The number of halogens is 2. The van der Waals surface area contributed by atoms with Gasteiger partial charge in [0.05, 0.1) is 11.3 Å². The maximum absolute atomic E-state index is 13.7. The van der Waals surface area contributed by atoms with Crippen LogP contribution in [-0.2, 0) is 0 Å². The molecule has 0 saturated heterocycles. The van der Waals surface area contributed by atoms with Gasteiger partial charge in [-0.2, -0.15) is 0 Å². The number of hydrogen-bond acceptors (Lipinski definition) is 2. The molecular formula is C13H17F2NO2. The van der Waals surface area contributed by atoms with E-state index in [2.05, 4.69) is 0 Å². The molecule has 0 spiro atoms.